The predicted octanol–water partition coefficient (Wildman–Crippen LogP) is 3.74. The SMILES string of the molecule is CCN(CC)c1nc2cc(C(=O)NCC3CC3)ccc2c(=O)n1Cc1ccc(C)cc1. The molecule has 2 aromatic carbocycles. The van der Waals surface area contributed by atoms with Crippen LogP contribution in [0.5, 0.6) is 0 Å². The number of fused-ring (bicyclic) bond motifs is 1. The minimum Gasteiger partial charge on any atom is -0.352 e. The molecule has 1 fully saturated rings. The van der Waals surface area contributed by atoms with E-state index in [0.717, 1.165) is 18.7 Å². The van der Waals surface area contributed by atoms with Crippen LogP contribution in [0.4, 0.5) is 5.95 Å². The Labute approximate surface area is 182 Å². The molecule has 0 unspecified atom stereocenters. The number of rotatable bonds is 8. The summed E-state index contributed by atoms with van der Waals surface area (Å²) in [7, 11) is 0. The molecule has 1 N–H and O–H groups in total. The highest BCUT2D eigenvalue weighted by atomic mass is 16.1. The summed E-state index contributed by atoms with van der Waals surface area (Å²) in [4.78, 5) is 32.9. The highest BCUT2D eigenvalue weighted by molar-refractivity contribution is 5.97. The first-order chi connectivity index (χ1) is 15.0. The van der Waals surface area contributed by atoms with Gasteiger partial charge in [-0.05, 0) is 63.3 Å². The first-order valence-electron chi connectivity index (χ1n) is 11.1. The molecule has 0 radical (unpaired) electrons. The van der Waals surface area contributed by atoms with Crippen molar-refractivity contribution in [1.82, 2.24) is 14.9 Å². The van der Waals surface area contributed by atoms with E-state index in [2.05, 4.69) is 36.2 Å². The van der Waals surface area contributed by atoms with E-state index in [-0.39, 0.29) is 11.5 Å². The van der Waals surface area contributed by atoms with E-state index < -0.39 is 0 Å². The highest BCUT2D eigenvalue weighted by Crippen LogP contribution is 2.27. The summed E-state index contributed by atoms with van der Waals surface area (Å²) in [5, 5.41) is 3.52. The van der Waals surface area contributed by atoms with Crippen molar-refractivity contribution >= 4 is 22.8 Å². The molecule has 4 rings (SSSR count). The normalized spacial score (nSPS) is 13.4. The Bertz CT molecular complexity index is 1140. The number of carbonyl (C=O) groups is 1. The van der Waals surface area contributed by atoms with Gasteiger partial charge in [0.1, 0.15) is 0 Å². The van der Waals surface area contributed by atoms with Gasteiger partial charge in [0.2, 0.25) is 5.95 Å². The van der Waals surface area contributed by atoms with Crippen LogP contribution in [-0.2, 0) is 6.54 Å². The van der Waals surface area contributed by atoms with Crippen LogP contribution in [0, 0.1) is 12.8 Å². The van der Waals surface area contributed by atoms with E-state index in [9.17, 15) is 9.59 Å². The van der Waals surface area contributed by atoms with Gasteiger partial charge >= 0.3 is 0 Å². The largest absolute Gasteiger partial charge is 0.352 e. The second kappa shape index (κ2) is 8.92. The van der Waals surface area contributed by atoms with Crippen molar-refractivity contribution in [2.45, 2.75) is 40.2 Å². The van der Waals surface area contributed by atoms with Crippen molar-refractivity contribution < 1.29 is 4.79 Å². The summed E-state index contributed by atoms with van der Waals surface area (Å²) >= 11 is 0. The Morgan fingerprint density at radius 2 is 1.84 bits per heavy atom. The summed E-state index contributed by atoms with van der Waals surface area (Å²) < 4.78 is 1.74. The number of aryl methyl sites for hydroxylation is 1. The van der Waals surface area contributed by atoms with Gasteiger partial charge in [-0.25, -0.2) is 4.98 Å². The first kappa shape index (κ1) is 21.1. The van der Waals surface area contributed by atoms with Gasteiger partial charge in [0.05, 0.1) is 17.4 Å². The molecule has 0 aliphatic heterocycles. The lowest BCUT2D eigenvalue weighted by molar-refractivity contribution is 0.0952. The second-order valence-corrected chi connectivity index (χ2v) is 8.35. The topological polar surface area (TPSA) is 67.2 Å². The lowest BCUT2D eigenvalue weighted by Crippen LogP contribution is -2.33. The number of hydrogen-bond donors (Lipinski definition) is 1. The molecule has 162 valence electrons. The number of nitrogens with one attached hydrogen (secondary N) is 1. The molecule has 1 amide bonds. The van der Waals surface area contributed by atoms with Crippen LogP contribution in [0.25, 0.3) is 10.9 Å². The Hall–Kier alpha value is -3.15. The molecule has 1 aliphatic carbocycles. The van der Waals surface area contributed by atoms with E-state index in [1.165, 1.54) is 18.4 Å². The van der Waals surface area contributed by atoms with E-state index in [1.54, 1.807) is 22.8 Å². The van der Waals surface area contributed by atoms with Crippen molar-refractivity contribution in [1.29, 1.82) is 0 Å². The number of amides is 1. The molecule has 0 bridgehead atoms. The molecule has 31 heavy (non-hydrogen) atoms. The maximum Gasteiger partial charge on any atom is 0.263 e. The quantitative estimate of drug-likeness (QED) is 0.605. The number of nitrogens with zero attached hydrogens (tertiary/aromatic N) is 3. The molecule has 1 heterocycles. The molecule has 3 aromatic rings. The second-order valence-electron chi connectivity index (χ2n) is 8.35. The fraction of sp³-hybridized carbons (Fsp3) is 0.400. The maximum atomic E-state index is 13.5. The Balaban J connectivity index is 1.76. The third-order valence-electron chi connectivity index (χ3n) is 5.95. The lowest BCUT2D eigenvalue weighted by Gasteiger charge is -2.24. The molecule has 1 aliphatic rings. The third kappa shape index (κ3) is 4.63. The van der Waals surface area contributed by atoms with Crippen LogP contribution in [0.1, 0.15) is 48.2 Å². The maximum absolute atomic E-state index is 13.5. The number of anilines is 1. The van der Waals surface area contributed by atoms with Crippen LogP contribution in [-0.4, -0.2) is 35.1 Å². The molecule has 6 heteroatoms. The van der Waals surface area contributed by atoms with E-state index >= 15 is 0 Å². The summed E-state index contributed by atoms with van der Waals surface area (Å²) in [5.41, 5.74) is 3.26. The summed E-state index contributed by atoms with van der Waals surface area (Å²) in [6.45, 7) is 8.81. The summed E-state index contributed by atoms with van der Waals surface area (Å²) in [6.07, 6.45) is 2.38. The van der Waals surface area contributed by atoms with Crippen molar-refractivity contribution in [2.75, 3.05) is 24.5 Å². The predicted molar refractivity (Wildman–Crippen MR) is 125 cm³/mol. The van der Waals surface area contributed by atoms with Gasteiger partial charge in [-0.3, -0.25) is 14.2 Å². The van der Waals surface area contributed by atoms with Gasteiger partial charge in [-0.2, -0.15) is 0 Å². The fourth-order valence-electron chi connectivity index (χ4n) is 3.78. The smallest absolute Gasteiger partial charge is 0.263 e. The summed E-state index contributed by atoms with van der Waals surface area (Å²) in [6, 6.07) is 13.4. The Morgan fingerprint density at radius 3 is 2.48 bits per heavy atom. The number of aromatic nitrogens is 2. The molecule has 0 spiro atoms. The zero-order chi connectivity index (χ0) is 22.0. The molecular weight excluding hydrogens is 388 g/mol. The number of benzene rings is 2. The number of carbonyl (C=O) groups excluding carboxylic acids is 1. The van der Waals surface area contributed by atoms with E-state index in [4.69, 9.17) is 4.98 Å². The lowest BCUT2D eigenvalue weighted by atomic mass is 10.1. The standard InChI is InChI=1S/C25H30N4O2/c1-4-28(5-2)25-27-22-14-20(23(30)26-15-18-10-11-18)12-13-21(22)24(31)29(25)16-19-8-6-17(3)7-9-19/h6-9,12-14,18H,4-5,10-11,15-16H2,1-3H3,(H,26,30). The molecule has 6 nitrogen and oxygen atoms in total. The van der Waals surface area contributed by atoms with Crippen molar-refractivity contribution in [3.05, 3.63) is 69.5 Å². The molecular formula is C25H30N4O2. The van der Waals surface area contributed by atoms with Gasteiger partial charge in [0.25, 0.3) is 11.5 Å². The first-order valence-corrected chi connectivity index (χ1v) is 11.1. The minimum absolute atomic E-state index is 0.0857. The zero-order valence-corrected chi connectivity index (χ0v) is 18.5. The van der Waals surface area contributed by atoms with Gasteiger partial charge in [0.15, 0.2) is 0 Å². The molecule has 0 atom stereocenters. The van der Waals surface area contributed by atoms with Crippen LogP contribution >= 0.6 is 0 Å². The highest BCUT2D eigenvalue weighted by Gasteiger charge is 2.22. The third-order valence-corrected chi connectivity index (χ3v) is 5.95. The number of hydrogen-bond acceptors (Lipinski definition) is 4. The van der Waals surface area contributed by atoms with Gasteiger partial charge < -0.3 is 10.2 Å². The fourth-order valence-corrected chi connectivity index (χ4v) is 3.78. The Morgan fingerprint density at radius 1 is 1.13 bits per heavy atom. The monoisotopic (exact) mass is 418 g/mol. The summed E-state index contributed by atoms with van der Waals surface area (Å²) in [5.74, 6) is 1.15. The van der Waals surface area contributed by atoms with Crippen LogP contribution in [0.2, 0.25) is 0 Å². The molecule has 0 saturated heterocycles. The van der Waals surface area contributed by atoms with Crippen LogP contribution in [0.3, 0.4) is 0 Å². The van der Waals surface area contributed by atoms with Crippen molar-refractivity contribution in [2.24, 2.45) is 5.92 Å². The van der Waals surface area contributed by atoms with E-state index in [0.29, 0.717) is 41.4 Å². The van der Waals surface area contributed by atoms with Crippen molar-refractivity contribution in [3.8, 4) is 0 Å². The zero-order valence-electron chi connectivity index (χ0n) is 18.5. The van der Waals surface area contributed by atoms with Crippen molar-refractivity contribution in [3.63, 3.8) is 0 Å². The van der Waals surface area contributed by atoms with Gasteiger partial charge in [0, 0.05) is 25.2 Å². The Kier molecular flexibility index (Phi) is 6.07. The van der Waals surface area contributed by atoms with Crippen LogP contribution < -0.4 is 15.8 Å². The van der Waals surface area contributed by atoms with Gasteiger partial charge in [-0.1, -0.05) is 29.8 Å². The average molecular weight is 419 g/mol. The molecule has 1 saturated carbocycles. The van der Waals surface area contributed by atoms with Crippen LogP contribution in [0.15, 0.2) is 47.3 Å². The minimum atomic E-state index is -0.108. The average Bonchev–Trinajstić information content (AvgIpc) is 3.61. The van der Waals surface area contributed by atoms with E-state index in [1.807, 2.05) is 19.1 Å². The molecule has 1 aromatic heterocycles. The van der Waals surface area contributed by atoms with Gasteiger partial charge in [-0.15, -0.1) is 0 Å².